The third-order valence-electron chi connectivity index (χ3n) is 4.68. The zero-order chi connectivity index (χ0) is 19.7. The minimum atomic E-state index is -0.343. The Morgan fingerprint density at radius 2 is 1.96 bits per heavy atom. The van der Waals surface area contributed by atoms with Crippen LogP contribution in [0.4, 0.5) is 16.0 Å². The molecule has 4 rings (SSSR count). The topological polar surface area (TPSA) is 105 Å². The van der Waals surface area contributed by atoms with E-state index in [1.54, 1.807) is 6.07 Å². The van der Waals surface area contributed by atoms with Crippen molar-refractivity contribution in [3.05, 3.63) is 60.2 Å². The maximum Gasteiger partial charge on any atom is 0.153 e. The van der Waals surface area contributed by atoms with Crippen LogP contribution in [0.5, 0.6) is 0 Å². The van der Waals surface area contributed by atoms with Gasteiger partial charge in [-0.05, 0) is 36.4 Å². The minimum absolute atomic E-state index is 0.294. The van der Waals surface area contributed by atoms with Gasteiger partial charge in [0.25, 0.3) is 0 Å². The van der Waals surface area contributed by atoms with E-state index in [-0.39, 0.29) is 11.2 Å². The van der Waals surface area contributed by atoms with E-state index in [9.17, 15) is 4.39 Å². The molecule has 0 saturated heterocycles. The largest absolute Gasteiger partial charge is 0.382 e. The van der Waals surface area contributed by atoms with Gasteiger partial charge in [0.05, 0.1) is 17.4 Å². The summed E-state index contributed by atoms with van der Waals surface area (Å²) in [6.07, 6.45) is 1.23. The molecule has 7 nitrogen and oxygen atoms in total. The van der Waals surface area contributed by atoms with E-state index in [1.165, 1.54) is 12.3 Å². The summed E-state index contributed by atoms with van der Waals surface area (Å²) >= 11 is 0. The Morgan fingerprint density at radius 1 is 1.11 bits per heavy atom. The number of H-pyrrole nitrogens is 1. The summed E-state index contributed by atoms with van der Waals surface area (Å²) in [5.74, 6) is 0.770. The molecule has 1 aromatic carbocycles. The van der Waals surface area contributed by atoms with E-state index in [4.69, 9.17) is 5.73 Å². The molecule has 0 spiro atoms. The van der Waals surface area contributed by atoms with Crippen molar-refractivity contribution in [1.29, 1.82) is 0 Å². The van der Waals surface area contributed by atoms with Crippen LogP contribution < -0.4 is 11.1 Å². The summed E-state index contributed by atoms with van der Waals surface area (Å²) in [6.45, 7) is 4.65. The first kappa shape index (κ1) is 17.8. The number of hydrogen-bond donors (Lipinski definition) is 3. The number of nitrogens with zero attached hydrogens (tertiary/aromatic N) is 4. The number of benzene rings is 1. The number of fused-ring (bicyclic) bond motifs is 1. The average Bonchev–Trinajstić information content (AvgIpc) is 3.07. The maximum absolute atomic E-state index is 13.1. The predicted octanol–water partition coefficient (Wildman–Crippen LogP) is 3.53. The highest BCUT2D eigenvalue weighted by Gasteiger charge is 2.22. The lowest BCUT2D eigenvalue weighted by molar-refractivity contribution is 0.530. The molecule has 0 unspecified atom stereocenters. The number of pyridine rings is 1. The van der Waals surface area contributed by atoms with Gasteiger partial charge in [-0.15, -0.1) is 10.2 Å². The molecule has 0 fully saturated rings. The van der Waals surface area contributed by atoms with Crippen molar-refractivity contribution in [3.63, 3.8) is 0 Å². The van der Waals surface area contributed by atoms with Gasteiger partial charge in [0.15, 0.2) is 5.82 Å². The van der Waals surface area contributed by atoms with Gasteiger partial charge in [0.1, 0.15) is 11.6 Å². The number of rotatable bonds is 5. The normalized spacial score (nSPS) is 11.7. The van der Waals surface area contributed by atoms with Crippen LogP contribution in [0.25, 0.3) is 22.2 Å². The molecule has 0 amide bonds. The second-order valence-electron chi connectivity index (χ2n) is 7.27. The molecule has 0 aliphatic heterocycles. The molecule has 0 aliphatic carbocycles. The van der Waals surface area contributed by atoms with Crippen molar-refractivity contribution in [3.8, 4) is 11.3 Å². The van der Waals surface area contributed by atoms with Gasteiger partial charge in [-0.3, -0.25) is 10.1 Å². The summed E-state index contributed by atoms with van der Waals surface area (Å²) < 4.78 is 13.1. The Hall–Kier alpha value is -3.55. The SMILES string of the molecule is CC(C)(CNc1ccc(-c2ccc3[nH]nc(N)c3c2)nn1)c1ccc(F)cn1. The summed E-state index contributed by atoms with van der Waals surface area (Å²) in [7, 11) is 0. The van der Waals surface area contributed by atoms with Crippen LogP contribution in [0.3, 0.4) is 0 Å². The Morgan fingerprint density at radius 3 is 2.68 bits per heavy atom. The van der Waals surface area contributed by atoms with Crippen LogP contribution in [0.1, 0.15) is 19.5 Å². The number of aromatic amines is 1. The van der Waals surface area contributed by atoms with Crippen LogP contribution in [0.2, 0.25) is 0 Å². The lowest BCUT2D eigenvalue weighted by Crippen LogP contribution is -2.29. The fraction of sp³-hybridized carbons (Fsp3) is 0.200. The van der Waals surface area contributed by atoms with Crippen molar-refractivity contribution in [1.82, 2.24) is 25.4 Å². The zero-order valence-electron chi connectivity index (χ0n) is 15.6. The highest BCUT2D eigenvalue weighted by Crippen LogP contribution is 2.26. The summed E-state index contributed by atoms with van der Waals surface area (Å²) in [5.41, 5.74) is 8.91. The van der Waals surface area contributed by atoms with Gasteiger partial charge < -0.3 is 11.1 Å². The van der Waals surface area contributed by atoms with E-state index in [2.05, 4.69) is 30.7 Å². The summed E-state index contributed by atoms with van der Waals surface area (Å²) in [4.78, 5) is 4.17. The molecule has 3 aromatic heterocycles. The van der Waals surface area contributed by atoms with Crippen LogP contribution in [-0.2, 0) is 5.41 Å². The molecule has 8 heteroatoms. The van der Waals surface area contributed by atoms with E-state index in [0.29, 0.717) is 18.2 Å². The molecule has 4 N–H and O–H groups in total. The highest BCUT2D eigenvalue weighted by molar-refractivity contribution is 5.91. The number of halogens is 1. The number of anilines is 2. The Bertz CT molecular complexity index is 1100. The first-order chi connectivity index (χ1) is 13.4. The third kappa shape index (κ3) is 3.48. The molecule has 0 saturated carbocycles. The van der Waals surface area contributed by atoms with Crippen molar-refractivity contribution in [2.24, 2.45) is 0 Å². The average molecular weight is 377 g/mol. The Kier molecular flexibility index (Phi) is 4.38. The van der Waals surface area contributed by atoms with Gasteiger partial charge in [-0.1, -0.05) is 19.9 Å². The molecular formula is C20H20FN7. The Balaban J connectivity index is 1.48. The first-order valence-electron chi connectivity index (χ1n) is 8.86. The van der Waals surface area contributed by atoms with Crippen molar-refractivity contribution in [2.75, 3.05) is 17.6 Å². The fourth-order valence-electron chi connectivity index (χ4n) is 2.95. The van der Waals surface area contributed by atoms with Gasteiger partial charge in [0, 0.05) is 28.6 Å². The monoisotopic (exact) mass is 377 g/mol. The van der Waals surface area contributed by atoms with Gasteiger partial charge in [0.2, 0.25) is 0 Å². The van der Waals surface area contributed by atoms with Crippen molar-refractivity contribution >= 4 is 22.5 Å². The number of hydrogen-bond acceptors (Lipinski definition) is 6. The minimum Gasteiger partial charge on any atom is -0.382 e. The van der Waals surface area contributed by atoms with E-state index >= 15 is 0 Å². The maximum atomic E-state index is 13.1. The molecule has 0 bridgehead atoms. The lowest BCUT2D eigenvalue weighted by Gasteiger charge is -2.24. The molecule has 3 heterocycles. The second-order valence-corrected chi connectivity index (χ2v) is 7.27. The quantitative estimate of drug-likeness (QED) is 0.491. The van der Waals surface area contributed by atoms with Crippen LogP contribution in [0.15, 0.2) is 48.7 Å². The molecule has 0 atom stereocenters. The summed E-state index contributed by atoms with van der Waals surface area (Å²) in [6, 6.07) is 12.7. The summed E-state index contributed by atoms with van der Waals surface area (Å²) in [5, 5.41) is 19.6. The molecule has 4 aromatic rings. The van der Waals surface area contributed by atoms with Crippen molar-refractivity contribution in [2.45, 2.75) is 19.3 Å². The molecule has 0 aliphatic rings. The lowest BCUT2D eigenvalue weighted by atomic mass is 9.88. The standard InChI is InChI=1S/C20H20FN7/c1-20(2,17-7-4-13(21)10-23-17)11-24-18-8-6-15(25-27-18)12-3-5-16-14(9-12)19(22)28-26-16/h3-10H,11H2,1-2H3,(H,24,27)(H3,22,26,28). The zero-order valence-corrected chi connectivity index (χ0v) is 15.6. The van der Waals surface area contributed by atoms with Crippen molar-refractivity contribution < 1.29 is 4.39 Å². The smallest absolute Gasteiger partial charge is 0.153 e. The van der Waals surface area contributed by atoms with E-state index in [1.807, 2.05) is 44.2 Å². The molecular weight excluding hydrogens is 357 g/mol. The second kappa shape index (κ2) is 6.88. The van der Waals surface area contributed by atoms with Gasteiger partial charge in [-0.25, -0.2) is 4.39 Å². The fourth-order valence-corrected chi connectivity index (χ4v) is 2.95. The molecule has 0 radical (unpaired) electrons. The Labute approximate surface area is 161 Å². The number of nitrogen functional groups attached to an aromatic ring is 1. The van der Waals surface area contributed by atoms with Crippen LogP contribution >= 0.6 is 0 Å². The number of nitrogens with one attached hydrogen (secondary N) is 2. The third-order valence-corrected chi connectivity index (χ3v) is 4.68. The number of nitrogens with two attached hydrogens (primary N) is 1. The first-order valence-corrected chi connectivity index (χ1v) is 8.86. The van der Waals surface area contributed by atoms with Crippen LogP contribution in [-0.4, -0.2) is 31.9 Å². The van der Waals surface area contributed by atoms with E-state index in [0.717, 1.165) is 27.9 Å². The van der Waals surface area contributed by atoms with Gasteiger partial charge >= 0.3 is 0 Å². The van der Waals surface area contributed by atoms with Gasteiger partial charge in [-0.2, -0.15) is 5.10 Å². The molecule has 28 heavy (non-hydrogen) atoms. The number of aromatic nitrogens is 5. The highest BCUT2D eigenvalue weighted by atomic mass is 19.1. The van der Waals surface area contributed by atoms with Crippen LogP contribution in [0, 0.1) is 5.82 Å². The molecule has 142 valence electrons. The predicted molar refractivity (Wildman–Crippen MR) is 107 cm³/mol. The van der Waals surface area contributed by atoms with E-state index < -0.39 is 0 Å².